The molecule has 0 spiro atoms. The Labute approximate surface area is 160 Å². The summed E-state index contributed by atoms with van der Waals surface area (Å²) in [6, 6.07) is 5.86. The maximum atomic E-state index is 12.3. The minimum atomic E-state index is -0.422. The summed E-state index contributed by atoms with van der Waals surface area (Å²) in [4.78, 5) is 27.1. The number of aromatic nitrogens is 5. The lowest BCUT2D eigenvalue weighted by atomic mass is 9.93. The third-order valence-corrected chi connectivity index (χ3v) is 4.87. The monoisotopic (exact) mass is 386 g/mol. The Morgan fingerprint density at radius 2 is 2.00 bits per heavy atom. The van der Waals surface area contributed by atoms with Gasteiger partial charge in [0.05, 0.1) is 5.75 Å². The smallest absolute Gasteiger partial charge is 0.274 e. The molecule has 3 aromatic rings. The summed E-state index contributed by atoms with van der Waals surface area (Å²) in [5.74, 6) is 0.259. The number of rotatable bonds is 4. The van der Waals surface area contributed by atoms with Crippen molar-refractivity contribution in [3.05, 3.63) is 45.4 Å². The summed E-state index contributed by atoms with van der Waals surface area (Å²) in [7, 11) is 0. The Morgan fingerprint density at radius 3 is 2.67 bits per heavy atom. The standard InChI is InChI=1S/C18H22N6O2S/c1-10-6-7-12(11(2)8-10)19-13(25)9-27-17-22-21-16-20-15(26)14(18(3,4)5)23-24(16)17/h6-8H,9H2,1-5H3,(H,19,25)(H,20,21,26). The largest absolute Gasteiger partial charge is 0.325 e. The third kappa shape index (κ3) is 4.19. The number of H-pyrrole nitrogens is 1. The summed E-state index contributed by atoms with van der Waals surface area (Å²) in [6.45, 7) is 9.69. The van der Waals surface area contributed by atoms with Crippen LogP contribution in [0.5, 0.6) is 0 Å². The lowest BCUT2D eigenvalue weighted by Gasteiger charge is -2.15. The van der Waals surface area contributed by atoms with Gasteiger partial charge in [-0.2, -0.15) is 9.61 Å². The Bertz CT molecular complexity index is 1060. The van der Waals surface area contributed by atoms with Crippen molar-refractivity contribution in [2.75, 3.05) is 11.1 Å². The minimum Gasteiger partial charge on any atom is -0.325 e. The normalized spacial score (nSPS) is 11.7. The molecule has 0 fully saturated rings. The fourth-order valence-corrected chi connectivity index (χ4v) is 3.27. The van der Waals surface area contributed by atoms with Crippen LogP contribution < -0.4 is 10.9 Å². The number of hydrogen-bond donors (Lipinski definition) is 2. The van der Waals surface area contributed by atoms with Crippen LogP contribution in [0, 0.1) is 13.8 Å². The van der Waals surface area contributed by atoms with E-state index in [1.807, 2.05) is 52.8 Å². The van der Waals surface area contributed by atoms with Crippen molar-refractivity contribution >= 4 is 29.1 Å². The predicted octanol–water partition coefficient (Wildman–Crippen LogP) is 2.46. The minimum absolute atomic E-state index is 0.149. The molecule has 0 radical (unpaired) electrons. The second kappa shape index (κ2) is 7.15. The Hall–Kier alpha value is -2.68. The number of carbonyl (C=O) groups is 1. The number of aryl methyl sites for hydroxylation is 2. The van der Waals surface area contributed by atoms with Crippen LogP contribution in [0.3, 0.4) is 0 Å². The summed E-state index contributed by atoms with van der Waals surface area (Å²) in [6.07, 6.45) is 0. The van der Waals surface area contributed by atoms with Gasteiger partial charge in [-0.3, -0.25) is 14.6 Å². The molecular weight excluding hydrogens is 364 g/mol. The molecule has 0 atom stereocenters. The molecule has 142 valence electrons. The van der Waals surface area contributed by atoms with E-state index < -0.39 is 5.41 Å². The summed E-state index contributed by atoms with van der Waals surface area (Å²) in [5.41, 5.74) is 2.62. The van der Waals surface area contributed by atoms with Crippen LogP contribution in [0.15, 0.2) is 28.2 Å². The van der Waals surface area contributed by atoms with Gasteiger partial charge in [0.1, 0.15) is 5.69 Å². The van der Waals surface area contributed by atoms with Crippen LogP contribution in [0.25, 0.3) is 5.78 Å². The Kier molecular flexibility index (Phi) is 5.05. The second-order valence-corrected chi connectivity index (χ2v) is 8.37. The molecule has 0 saturated carbocycles. The molecule has 1 amide bonds. The molecule has 1 aromatic carbocycles. The Balaban J connectivity index is 1.77. The van der Waals surface area contributed by atoms with E-state index in [9.17, 15) is 9.59 Å². The lowest BCUT2D eigenvalue weighted by Crippen LogP contribution is -2.28. The van der Waals surface area contributed by atoms with Crippen LogP contribution in [0.4, 0.5) is 5.69 Å². The number of carbonyl (C=O) groups excluding carboxylic acids is 1. The van der Waals surface area contributed by atoms with E-state index in [1.165, 1.54) is 16.3 Å². The fraction of sp³-hybridized carbons (Fsp3) is 0.389. The van der Waals surface area contributed by atoms with E-state index in [4.69, 9.17) is 0 Å². The highest BCUT2D eigenvalue weighted by molar-refractivity contribution is 7.99. The van der Waals surface area contributed by atoms with E-state index in [1.54, 1.807) is 0 Å². The number of benzene rings is 1. The number of nitrogens with zero attached hydrogens (tertiary/aromatic N) is 4. The van der Waals surface area contributed by atoms with Gasteiger partial charge in [0.25, 0.3) is 11.3 Å². The van der Waals surface area contributed by atoms with Crippen LogP contribution in [0.2, 0.25) is 0 Å². The molecule has 3 rings (SSSR count). The highest BCUT2D eigenvalue weighted by Crippen LogP contribution is 2.20. The van der Waals surface area contributed by atoms with Gasteiger partial charge >= 0.3 is 0 Å². The molecule has 0 aliphatic rings. The van der Waals surface area contributed by atoms with Gasteiger partial charge in [0.2, 0.25) is 11.1 Å². The molecule has 2 heterocycles. The molecular formula is C18H22N6O2S. The molecule has 27 heavy (non-hydrogen) atoms. The average molecular weight is 386 g/mol. The summed E-state index contributed by atoms with van der Waals surface area (Å²) < 4.78 is 1.47. The van der Waals surface area contributed by atoms with Gasteiger partial charge in [0.15, 0.2) is 0 Å². The van der Waals surface area contributed by atoms with Gasteiger partial charge < -0.3 is 5.32 Å². The second-order valence-electron chi connectivity index (χ2n) is 7.43. The van der Waals surface area contributed by atoms with Crippen molar-refractivity contribution < 1.29 is 4.79 Å². The van der Waals surface area contributed by atoms with Gasteiger partial charge in [-0.05, 0) is 25.5 Å². The number of fused-ring (bicyclic) bond motifs is 1. The molecule has 0 saturated heterocycles. The molecule has 9 heteroatoms. The number of nitrogens with one attached hydrogen (secondary N) is 2. The molecule has 0 bridgehead atoms. The maximum absolute atomic E-state index is 12.3. The number of anilines is 1. The van der Waals surface area contributed by atoms with E-state index in [2.05, 4.69) is 25.6 Å². The van der Waals surface area contributed by atoms with Crippen LogP contribution >= 0.6 is 11.8 Å². The van der Waals surface area contributed by atoms with Crippen molar-refractivity contribution in [1.29, 1.82) is 0 Å². The Morgan fingerprint density at radius 1 is 1.26 bits per heavy atom. The number of aromatic amines is 1. The van der Waals surface area contributed by atoms with Crippen molar-refractivity contribution in [3.63, 3.8) is 0 Å². The number of hydrogen-bond acceptors (Lipinski definition) is 6. The zero-order chi connectivity index (χ0) is 19.8. The first-order chi connectivity index (χ1) is 12.6. The van der Waals surface area contributed by atoms with Crippen molar-refractivity contribution in [3.8, 4) is 0 Å². The van der Waals surface area contributed by atoms with Gasteiger partial charge in [-0.1, -0.05) is 50.2 Å². The number of thioether (sulfide) groups is 1. The predicted molar refractivity (Wildman–Crippen MR) is 105 cm³/mol. The van der Waals surface area contributed by atoms with E-state index in [-0.39, 0.29) is 23.0 Å². The first kappa shape index (κ1) is 19.1. The van der Waals surface area contributed by atoms with Crippen LogP contribution in [-0.2, 0) is 10.2 Å². The topological polar surface area (TPSA) is 105 Å². The van der Waals surface area contributed by atoms with Gasteiger partial charge in [0, 0.05) is 11.1 Å². The summed E-state index contributed by atoms with van der Waals surface area (Å²) >= 11 is 1.21. The van der Waals surface area contributed by atoms with Gasteiger partial charge in [-0.25, -0.2) is 0 Å². The first-order valence-electron chi connectivity index (χ1n) is 8.51. The third-order valence-electron chi connectivity index (χ3n) is 3.95. The SMILES string of the molecule is Cc1ccc(NC(=O)CSc2nnc3[nH]c(=O)c(C(C)(C)C)nn23)c(C)c1. The quantitative estimate of drug-likeness (QED) is 0.668. The lowest BCUT2D eigenvalue weighted by molar-refractivity contribution is -0.113. The van der Waals surface area contributed by atoms with E-state index >= 15 is 0 Å². The van der Waals surface area contributed by atoms with E-state index in [0.717, 1.165) is 16.8 Å². The highest BCUT2D eigenvalue weighted by atomic mass is 32.2. The summed E-state index contributed by atoms with van der Waals surface area (Å²) in [5, 5.41) is 15.7. The number of amides is 1. The zero-order valence-electron chi connectivity index (χ0n) is 16.0. The van der Waals surface area contributed by atoms with E-state index in [0.29, 0.717) is 10.9 Å². The fourth-order valence-electron chi connectivity index (χ4n) is 2.59. The maximum Gasteiger partial charge on any atom is 0.274 e. The molecule has 2 aromatic heterocycles. The first-order valence-corrected chi connectivity index (χ1v) is 9.50. The molecule has 8 nitrogen and oxygen atoms in total. The highest BCUT2D eigenvalue weighted by Gasteiger charge is 2.22. The molecule has 0 aliphatic heterocycles. The van der Waals surface area contributed by atoms with Gasteiger partial charge in [-0.15, -0.1) is 10.2 Å². The molecule has 0 aliphatic carbocycles. The van der Waals surface area contributed by atoms with Crippen LogP contribution in [0.1, 0.15) is 37.6 Å². The molecule has 2 N–H and O–H groups in total. The van der Waals surface area contributed by atoms with Crippen molar-refractivity contribution in [2.24, 2.45) is 0 Å². The average Bonchev–Trinajstić information content (AvgIpc) is 2.95. The zero-order valence-corrected chi connectivity index (χ0v) is 16.8. The van der Waals surface area contributed by atoms with Crippen LogP contribution in [-0.4, -0.2) is 36.5 Å². The van der Waals surface area contributed by atoms with Crippen molar-refractivity contribution in [2.45, 2.75) is 45.2 Å². The molecule has 0 unspecified atom stereocenters. The van der Waals surface area contributed by atoms with Crippen molar-refractivity contribution in [1.82, 2.24) is 24.8 Å².